The Labute approximate surface area is 126 Å². The SMILES string of the molecule is Cc1noc(C)c1CCNC(=O)C(=O)Nc1ccccc1F. The molecule has 0 spiro atoms. The average molecular weight is 305 g/mol. The fourth-order valence-corrected chi connectivity index (χ4v) is 1.98. The zero-order valence-corrected chi connectivity index (χ0v) is 12.3. The molecule has 6 nitrogen and oxygen atoms in total. The van der Waals surface area contributed by atoms with Crippen LogP contribution in [-0.2, 0) is 16.0 Å². The lowest BCUT2D eigenvalue weighted by Gasteiger charge is -2.07. The first-order valence-corrected chi connectivity index (χ1v) is 6.74. The second-order valence-corrected chi connectivity index (χ2v) is 4.74. The highest BCUT2D eigenvalue weighted by Gasteiger charge is 2.15. The van der Waals surface area contributed by atoms with Gasteiger partial charge in [-0.25, -0.2) is 4.39 Å². The summed E-state index contributed by atoms with van der Waals surface area (Å²) in [6, 6.07) is 5.64. The lowest BCUT2D eigenvalue weighted by molar-refractivity contribution is -0.136. The summed E-state index contributed by atoms with van der Waals surface area (Å²) >= 11 is 0. The highest BCUT2D eigenvalue weighted by atomic mass is 19.1. The fraction of sp³-hybridized carbons (Fsp3) is 0.267. The van der Waals surface area contributed by atoms with Crippen molar-refractivity contribution in [2.45, 2.75) is 20.3 Å². The van der Waals surface area contributed by atoms with E-state index in [0.29, 0.717) is 12.2 Å². The Morgan fingerprint density at radius 2 is 1.95 bits per heavy atom. The first-order valence-electron chi connectivity index (χ1n) is 6.74. The lowest BCUT2D eigenvalue weighted by Crippen LogP contribution is -2.36. The summed E-state index contributed by atoms with van der Waals surface area (Å²) in [5, 5.41) is 8.50. The summed E-state index contributed by atoms with van der Waals surface area (Å²) < 4.78 is 18.4. The van der Waals surface area contributed by atoms with Crippen LogP contribution in [0.15, 0.2) is 28.8 Å². The largest absolute Gasteiger partial charge is 0.361 e. The Balaban J connectivity index is 1.85. The predicted molar refractivity (Wildman–Crippen MR) is 77.7 cm³/mol. The minimum atomic E-state index is -0.913. The Bertz CT molecular complexity index is 678. The molecule has 2 aromatic rings. The quantitative estimate of drug-likeness (QED) is 0.843. The molecule has 0 atom stereocenters. The summed E-state index contributed by atoms with van der Waals surface area (Å²) in [5.74, 6) is -1.65. The number of rotatable bonds is 4. The van der Waals surface area contributed by atoms with Gasteiger partial charge in [-0.1, -0.05) is 17.3 Å². The summed E-state index contributed by atoms with van der Waals surface area (Å²) in [4.78, 5) is 23.3. The second-order valence-electron chi connectivity index (χ2n) is 4.74. The Kier molecular flexibility index (Phi) is 4.88. The third kappa shape index (κ3) is 3.69. The van der Waals surface area contributed by atoms with Crippen molar-refractivity contribution in [1.82, 2.24) is 10.5 Å². The molecule has 0 unspecified atom stereocenters. The molecule has 0 fully saturated rings. The molecule has 0 bridgehead atoms. The van der Waals surface area contributed by atoms with Gasteiger partial charge in [-0.15, -0.1) is 0 Å². The molecule has 1 aromatic carbocycles. The number of para-hydroxylation sites is 1. The number of amides is 2. The molecule has 2 N–H and O–H groups in total. The molecular formula is C15H16FN3O3. The first kappa shape index (κ1) is 15.7. The number of nitrogens with zero attached hydrogens (tertiary/aromatic N) is 1. The van der Waals surface area contributed by atoms with Gasteiger partial charge < -0.3 is 15.2 Å². The van der Waals surface area contributed by atoms with Crippen LogP contribution < -0.4 is 10.6 Å². The Morgan fingerprint density at radius 1 is 1.23 bits per heavy atom. The number of anilines is 1. The van der Waals surface area contributed by atoms with E-state index in [4.69, 9.17) is 4.52 Å². The topological polar surface area (TPSA) is 84.2 Å². The van der Waals surface area contributed by atoms with Gasteiger partial charge in [0.15, 0.2) is 0 Å². The fourth-order valence-electron chi connectivity index (χ4n) is 1.98. The van der Waals surface area contributed by atoms with Gasteiger partial charge in [-0.3, -0.25) is 9.59 Å². The van der Waals surface area contributed by atoms with Crippen molar-refractivity contribution < 1.29 is 18.5 Å². The maximum atomic E-state index is 13.4. The molecule has 0 aliphatic carbocycles. The first-order chi connectivity index (χ1) is 10.5. The molecule has 0 saturated carbocycles. The number of hydrogen-bond acceptors (Lipinski definition) is 4. The van der Waals surface area contributed by atoms with Crippen molar-refractivity contribution in [3.05, 3.63) is 47.1 Å². The van der Waals surface area contributed by atoms with Crippen LogP contribution in [0.5, 0.6) is 0 Å². The molecular weight excluding hydrogens is 289 g/mol. The maximum absolute atomic E-state index is 13.4. The minimum absolute atomic E-state index is 0.0339. The van der Waals surface area contributed by atoms with Crippen molar-refractivity contribution in [3.63, 3.8) is 0 Å². The molecule has 2 rings (SSSR count). The van der Waals surface area contributed by atoms with Crippen molar-refractivity contribution in [2.24, 2.45) is 0 Å². The van der Waals surface area contributed by atoms with Crippen LogP contribution in [0, 0.1) is 19.7 Å². The number of hydrogen-bond donors (Lipinski definition) is 2. The van der Waals surface area contributed by atoms with Crippen molar-refractivity contribution in [2.75, 3.05) is 11.9 Å². The van der Waals surface area contributed by atoms with Gasteiger partial charge >= 0.3 is 11.8 Å². The Morgan fingerprint density at radius 3 is 2.59 bits per heavy atom. The lowest BCUT2D eigenvalue weighted by atomic mass is 10.1. The molecule has 0 aliphatic rings. The molecule has 116 valence electrons. The summed E-state index contributed by atoms with van der Waals surface area (Å²) in [6.07, 6.45) is 0.500. The summed E-state index contributed by atoms with van der Waals surface area (Å²) in [7, 11) is 0. The van der Waals surface area contributed by atoms with Gasteiger partial charge in [0, 0.05) is 12.1 Å². The number of aryl methyl sites for hydroxylation is 2. The summed E-state index contributed by atoms with van der Waals surface area (Å²) in [6.45, 7) is 3.84. The number of nitrogens with one attached hydrogen (secondary N) is 2. The standard InChI is InChI=1S/C15H16FN3O3/c1-9-11(10(2)22-19-9)7-8-17-14(20)15(21)18-13-6-4-3-5-12(13)16/h3-6H,7-8H2,1-2H3,(H,17,20)(H,18,21). The molecule has 0 aliphatic heterocycles. The monoisotopic (exact) mass is 305 g/mol. The van der Waals surface area contributed by atoms with Gasteiger partial charge in [0.1, 0.15) is 11.6 Å². The van der Waals surface area contributed by atoms with Crippen LogP contribution in [0.1, 0.15) is 17.0 Å². The summed E-state index contributed by atoms with van der Waals surface area (Å²) in [5.41, 5.74) is 1.62. The van der Waals surface area contributed by atoms with Crippen LogP contribution in [-0.4, -0.2) is 23.5 Å². The number of carbonyl (C=O) groups is 2. The predicted octanol–water partition coefficient (Wildman–Crippen LogP) is 1.73. The number of halogens is 1. The number of carbonyl (C=O) groups excluding carboxylic acids is 2. The van der Waals surface area contributed by atoms with Gasteiger partial charge in [-0.05, 0) is 32.4 Å². The average Bonchev–Trinajstić information content (AvgIpc) is 2.81. The second kappa shape index (κ2) is 6.84. The van der Waals surface area contributed by atoms with Crippen LogP contribution in [0.4, 0.5) is 10.1 Å². The number of aromatic nitrogens is 1. The minimum Gasteiger partial charge on any atom is -0.361 e. The van der Waals surface area contributed by atoms with E-state index in [0.717, 1.165) is 11.3 Å². The number of benzene rings is 1. The van der Waals surface area contributed by atoms with Gasteiger partial charge in [0.25, 0.3) is 0 Å². The highest BCUT2D eigenvalue weighted by Crippen LogP contribution is 2.13. The van der Waals surface area contributed by atoms with Crippen LogP contribution in [0.3, 0.4) is 0 Å². The van der Waals surface area contributed by atoms with Crippen LogP contribution >= 0.6 is 0 Å². The Hall–Kier alpha value is -2.70. The van der Waals surface area contributed by atoms with E-state index in [1.54, 1.807) is 19.9 Å². The molecule has 1 aromatic heterocycles. The van der Waals surface area contributed by atoms with Crippen molar-refractivity contribution >= 4 is 17.5 Å². The molecule has 0 radical (unpaired) electrons. The zero-order valence-electron chi connectivity index (χ0n) is 12.3. The van der Waals surface area contributed by atoms with E-state index in [1.807, 2.05) is 0 Å². The normalized spacial score (nSPS) is 10.3. The maximum Gasteiger partial charge on any atom is 0.313 e. The van der Waals surface area contributed by atoms with Crippen LogP contribution in [0.2, 0.25) is 0 Å². The van der Waals surface area contributed by atoms with E-state index in [9.17, 15) is 14.0 Å². The molecule has 0 saturated heterocycles. The van der Waals surface area contributed by atoms with E-state index in [-0.39, 0.29) is 12.2 Å². The van der Waals surface area contributed by atoms with E-state index in [2.05, 4.69) is 15.8 Å². The van der Waals surface area contributed by atoms with Crippen molar-refractivity contribution in [3.8, 4) is 0 Å². The molecule has 22 heavy (non-hydrogen) atoms. The molecule has 2 amide bonds. The zero-order chi connectivity index (χ0) is 16.1. The van der Waals surface area contributed by atoms with Crippen LogP contribution in [0.25, 0.3) is 0 Å². The highest BCUT2D eigenvalue weighted by molar-refractivity contribution is 6.39. The third-order valence-corrected chi connectivity index (χ3v) is 3.17. The van der Waals surface area contributed by atoms with Gasteiger partial charge in [0.2, 0.25) is 0 Å². The third-order valence-electron chi connectivity index (χ3n) is 3.17. The smallest absolute Gasteiger partial charge is 0.313 e. The molecule has 7 heteroatoms. The van der Waals surface area contributed by atoms with Gasteiger partial charge in [0.05, 0.1) is 11.4 Å². The van der Waals surface area contributed by atoms with E-state index < -0.39 is 17.6 Å². The van der Waals surface area contributed by atoms with E-state index >= 15 is 0 Å². The van der Waals surface area contributed by atoms with Gasteiger partial charge in [-0.2, -0.15) is 0 Å². The molecule has 1 heterocycles. The van der Waals surface area contributed by atoms with Crippen molar-refractivity contribution in [1.29, 1.82) is 0 Å². The van der Waals surface area contributed by atoms with E-state index in [1.165, 1.54) is 18.2 Å².